The van der Waals surface area contributed by atoms with Gasteiger partial charge >= 0.3 is 0 Å². The number of thiophene rings is 1. The first-order chi connectivity index (χ1) is 7.83. The molecule has 0 aromatic carbocycles. The second-order valence-electron chi connectivity index (χ2n) is 3.29. The molecule has 0 amide bonds. The molecule has 3 rings (SSSR count). The lowest BCUT2D eigenvalue weighted by molar-refractivity contribution is 0.424. The normalized spacial score (nSPS) is 10.8. The predicted molar refractivity (Wildman–Crippen MR) is 59.9 cm³/mol. The zero-order valence-electron chi connectivity index (χ0n) is 8.47. The van der Waals surface area contributed by atoms with Gasteiger partial charge in [0.2, 0.25) is 0 Å². The monoisotopic (exact) mass is 232 g/mol. The van der Waals surface area contributed by atoms with Crippen molar-refractivity contribution in [3.8, 4) is 22.2 Å². The summed E-state index contributed by atoms with van der Waals surface area (Å²) in [5.74, 6) is 1.05. The Hall–Kier alpha value is -1.95. The Balaban J connectivity index is 2.00. The molecule has 0 bridgehead atoms. The highest BCUT2D eigenvalue weighted by molar-refractivity contribution is 7.13. The molecule has 1 N–H and O–H groups in total. The van der Waals surface area contributed by atoms with Gasteiger partial charge in [0.05, 0.1) is 10.6 Å². The topological polar surface area (TPSA) is 67.6 Å². The van der Waals surface area contributed by atoms with Crippen molar-refractivity contribution in [1.82, 2.24) is 20.3 Å². The van der Waals surface area contributed by atoms with Crippen molar-refractivity contribution >= 4 is 11.3 Å². The first kappa shape index (κ1) is 9.29. The van der Waals surface area contributed by atoms with Crippen molar-refractivity contribution in [3.05, 3.63) is 29.4 Å². The van der Waals surface area contributed by atoms with Crippen LogP contribution in [-0.2, 0) is 0 Å². The summed E-state index contributed by atoms with van der Waals surface area (Å²) in [6.07, 6.45) is 0. The molecule has 6 heteroatoms. The lowest BCUT2D eigenvalue weighted by Gasteiger charge is -1.85. The molecule has 0 radical (unpaired) electrons. The summed E-state index contributed by atoms with van der Waals surface area (Å²) in [6.45, 7) is 1.78. The van der Waals surface area contributed by atoms with Crippen LogP contribution in [0.1, 0.15) is 5.82 Å². The molecule has 0 unspecified atom stereocenters. The van der Waals surface area contributed by atoms with Gasteiger partial charge in [-0.05, 0) is 24.4 Å². The Morgan fingerprint density at radius 3 is 3.06 bits per heavy atom. The molecule has 0 aliphatic heterocycles. The molecule has 0 fully saturated rings. The maximum absolute atomic E-state index is 5.04. The van der Waals surface area contributed by atoms with Gasteiger partial charge in [-0.3, -0.25) is 5.10 Å². The van der Waals surface area contributed by atoms with Gasteiger partial charge in [-0.25, -0.2) is 0 Å². The minimum atomic E-state index is 0.441. The molecule has 80 valence electrons. The van der Waals surface area contributed by atoms with E-state index in [9.17, 15) is 0 Å². The number of aromatic amines is 1. The lowest BCUT2D eigenvalue weighted by atomic mass is 10.3. The van der Waals surface area contributed by atoms with Crippen molar-refractivity contribution in [1.29, 1.82) is 0 Å². The highest BCUT2D eigenvalue weighted by atomic mass is 32.1. The predicted octanol–water partition coefficient (Wildman–Crippen LogP) is 2.50. The van der Waals surface area contributed by atoms with Crippen LogP contribution in [-0.4, -0.2) is 20.3 Å². The van der Waals surface area contributed by atoms with Gasteiger partial charge in [0, 0.05) is 0 Å². The van der Waals surface area contributed by atoms with E-state index in [1.165, 1.54) is 0 Å². The Labute approximate surface area is 95.1 Å². The highest BCUT2D eigenvalue weighted by Crippen LogP contribution is 2.25. The smallest absolute Gasteiger partial charge is 0.278 e. The Kier molecular flexibility index (Phi) is 2.07. The van der Waals surface area contributed by atoms with Crippen LogP contribution in [0.3, 0.4) is 0 Å². The highest BCUT2D eigenvalue weighted by Gasteiger charge is 2.11. The quantitative estimate of drug-likeness (QED) is 0.737. The van der Waals surface area contributed by atoms with Gasteiger partial charge in [-0.2, -0.15) is 10.1 Å². The molecule has 3 aromatic heterocycles. The Morgan fingerprint density at radius 1 is 1.44 bits per heavy atom. The van der Waals surface area contributed by atoms with Crippen LogP contribution in [0, 0.1) is 6.92 Å². The van der Waals surface area contributed by atoms with Gasteiger partial charge in [0.15, 0.2) is 11.5 Å². The maximum Gasteiger partial charge on any atom is 0.278 e. The van der Waals surface area contributed by atoms with E-state index in [0.29, 0.717) is 17.4 Å². The van der Waals surface area contributed by atoms with Crippen molar-refractivity contribution in [2.45, 2.75) is 6.92 Å². The van der Waals surface area contributed by atoms with Crippen LogP contribution in [0.25, 0.3) is 22.2 Å². The average molecular weight is 232 g/mol. The third-order valence-electron chi connectivity index (χ3n) is 2.11. The van der Waals surface area contributed by atoms with E-state index >= 15 is 0 Å². The van der Waals surface area contributed by atoms with Gasteiger partial charge in [0.25, 0.3) is 5.89 Å². The molecule has 0 saturated heterocycles. The molecule has 0 aliphatic rings. The van der Waals surface area contributed by atoms with Gasteiger partial charge in [-0.15, -0.1) is 11.3 Å². The largest absolute Gasteiger partial charge is 0.332 e. The van der Waals surface area contributed by atoms with Gasteiger partial charge in [0.1, 0.15) is 0 Å². The maximum atomic E-state index is 5.04. The first-order valence-corrected chi connectivity index (χ1v) is 5.61. The number of aryl methyl sites for hydroxylation is 1. The average Bonchev–Trinajstić information content (AvgIpc) is 2.97. The molecule has 0 spiro atoms. The van der Waals surface area contributed by atoms with Crippen molar-refractivity contribution in [2.24, 2.45) is 0 Å². The minimum Gasteiger partial charge on any atom is -0.332 e. The SMILES string of the molecule is Cc1noc(-c2cc(-c3cccs3)[nH]n2)n1. The second kappa shape index (κ2) is 3.57. The van der Waals surface area contributed by atoms with Crippen molar-refractivity contribution in [2.75, 3.05) is 0 Å². The zero-order chi connectivity index (χ0) is 11.0. The summed E-state index contributed by atoms with van der Waals surface area (Å²) in [4.78, 5) is 5.25. The van der Waals surface area contributed by atoms with E-state index in [1.54, 1.807) is 18.3 Å². The minimum absolute atomic E-state index is 0.441. The molecule has 3 aromatic rings. The summed E-state index contributed by atoms with van der Waals surface area (Å²) in [5.41, 5.74) is 1.63. The van der Waals surface area contributed by atoms with Crippen LogP contribution in [0.4, 0.5) is 0 Å². The Bertz CT molecular complexity index is 596. The number of H-pyrrole nitrogens is 1. The number of hydrogen-bond acceptors (Lipinski definition) is 5. The van der Waals surface area contributed by atoms with E-state index in [0.717, 1.165) is 10.6 Å². The fourth-order valence-corrected chi connectivity index (χ4v) is 2.08. The fourth-order valence-electron chi connectivity index (χ4n) is 1.39. The molecule has 5 nitrogen and oxygen atoms in total. The van der Waals surface area contributed by atoms with Crippen LogP contribution < -0.4 is 0 Å². The second-order valence-corrected chi connectivity index (χ2v) is 4.24. The van der Waals surface area contributed by atoms with E-state index < -0.39 is 0 Å². The summed E-state index contributed by atoms with van der Waals surface area (Å²) < 4.78 is 5.04. The van der Waals surface area contributed by atoms with E-state index in [4.69, 9.17) is 4.52 Å². The van der Waals surface area contributed by atoms with E-state index in [2.05, 4.69) is 20.3 Å². The fraction of sp³-hybridized carbons (Fsp3) is 0.100. The third kappa shape index (κ3) is 1.53. The third-order valence-corrected chi connectivity index (χ3v) is 3.01. The summed E-state index contributed by atoms with van der Waals surface area (Å²) in [5, 5.41) is 12.8. The number of aromatic nitrogens is 4. The summed E-state index contributed by atoms with van der Waals surface area (Å²) >= 11 is 1.65. The standard InChI is InChI=1S/C10H8N4OS/c1-6-11-10(15-14-6)8-5-7(12-13-8)9-3-2-4-16-9/h2-5H,1H3,(H,12,13). The lowest BCUT2D eigenvalue weighted by Crippen LogP contribution is -1.77. The van der Waals surface area contributed by atoms with E-state index in [1.807, 2.05) is 23.6 Å². The van der Waals surface area contributed by atoms with Gasteiger partial charge in [-0.1, -0.05) is 11.2 Å². The van der Waals surface area contributed by atoms with E-state index in [-0.39, 0.29) is 0 Å². The number of nitrogens with zero attached hydrogens (tertiary/aromatic N) is 3. The number of rotatable bonds is 2. The molecule has 16 heavy (non-hydrogen) atoms. The number of hydrogen-bond donors (Lipinski definition) is 1. The van der Waals surface area contributed by atoms with Crippen LogP contribution in [0.2, 0.25) is 0 Å². The molecular weight excluding hydrogens is 224 g/mol. The molecular formula is C10H8N4OS. The van der Waals surface area contributed by atoms with Crippen LogP contribution in [0.5, 0.6) is 0 Å². The number of nitrogens with one attached hydrogen (secondary N) is 1. The van der Waals surface area contributed by atoms with Crippen molar-refractivity contribution < 1.29 is 4.52 Å². The molecule has 0 aliphatic carbocycles. The van der Waals surface area contributed by atoms with Crippen LogP contribution >= 0.6 is 11.3 Å². The molecule has 0 atom stereocenters. The summed E-state index contributed by atoms with van der Waals surface area (Å²) in [6, 6.07) is 5.93. The Morgan fingerprint density at radius 2 is 2.38 bits per heavy atom. The molecule has 0 saturated carbocycles. The summed E-state index contributed by atoms with van der Waals surface area (Å²) in [7, 11) is 0. The molecule has 3 heterocycles. The van der Waals surface area contributed by atoms with Crippen LogP contribution in [0.15, 0.2) is 28.1 Å². The van der Waals surface area contributed by atoms with Gasteiger partial charge < -0.3 is 4.52 Å². The first-order valence-electron chi connectivity index (χ1n) is 4.73. The zero-order valence-corrected chi connectivity index (χ0v) is 9.28. The van der Waals surface area contributed by atoms with Crippen molar-refractivity contribution in [3.63, 3.8) is 0 Å².